The number of hydrogen-bond donors (Lipinski definition) is 1. The van der Waals surface area contributed by atoms with Crippen molar-refractivity contribution < 1.29 is 0 Å². The molecule has 132 valence electrons. The van der Waals surface area contributed by atoms with E-state index < -0.39 is 0 Å². The van der Waals surface area contributed by atoms with E-state index in [0.29, 0.717) is 18.0 Å². The van der Waals surface area contributed by atoms with E-state index in [2.05, 4.69) is 63.1 Å². The predicted molar refractivity (Wildman–Crippen MR) is 100 cm³/mol. The first kappa shape index (κ1) is 16.5. The summed E-state index contributed by atoms with van der Waals surface area (Å²) in [6, 6.07) is 11.4. The van der Waals surface area contributed by atoms with E-state index >= 15 is 0 Å². The lowest BCUT2D eigenvalue weighted by molar-refractivity contribution is 0.320. The molecule has 2 aliphatic carbocycles. The van der Waals surface area contributed by atoms with Gasteiger partial charge in [0.05, 0.1) is 6.54 Å². The SMILES string of the molecule is CN(C/C=C/c1ccccc1)Cc1nnc(C2CC(N)C2)n1C1CC1. The van der Waals surface area contributed by atoms with Gasteiger partial charge >= 0.3 is 0 Å². The van der Waals surface area contributed by atoms with Gasteiger partial charge < -0.3 is 10.3 Å². The van der Waals surface area contributed by atoms with E-state index in [1.54, 1.807) is 0 Å². The van der Waals surface area contributed by atoms with Crippen molar-refractivity contribution in [2.45, 2.75) is 50.2 Å². The second kappa shape index (κ2) is 7.10. The molecule has 1 aromatic carbocycles. The predicted octanol–water partition coefficient (Wildman–Crippen LogP) is 2.96. The Bertz CT molecular complexity index is 726. The van der Waals surface area contributed by atoms with Crippen molar-refractivity contribution in [3.8, 4) is 0 Å². The molecule has 2 saturated carbocycles. The highest BCUT2D eigenvalue weighted by Crippen LogP contribution is 2.42. The van der Waals surface area contributed by atoms with Gasteiger partial charge in [-0.25, -0.2) is 0 Å². The summed E-state index contributed by atoms with van der Waals surface area (Å²) in [7, 11) is 2.14. The van der Waals surface area contributed by atoms with E-state index in [9.17, 15) is 0 Å². The molecule has 0 radical (unpaired) electrons. The minimum Gasteiger partial charge on any atom is -0.328 e. The maximum absolute atomic E-state index is 5.97. The van der Waals surface area contributed by atoms with Crippen molar-refractivity contribution in [1.29, 1.82) is 0 Å². The summed E-state index contributed by atoms with van der Waals surface area (Å²) in [5.74, 6) is 2.79. The van der Waals surface area contributed by atoms with Gasteiger partial charge in [0, 0.05) is 24.5 Å². The van der Waals surface area contributed by atoms with Crippen molar-refractivity contribution in [3.63, 3.8) is 0 Å². The van der Waals surface area contributed by atoms with Crippen molar-refractivity contribution in [2.75, 3.05) is 13.6 Å². The fourth-order valence-electron chi connectivity index (χ4n) is 3.57. The second-order valence-corrected chi connectivity index (χ2v) is 7.51. The number of nitrogens with zero attached hydrogens (tertiary/aromatic N) is 4. The van der Waals surface area contributed by atoms with Crippen molar-refractivity contribution >= 4 is 6.08 Å². The molecule has 4 rings (SSSR count). The largest absolute Gasteiger partial charge is 0.328 e. The van der Waals surface area contributed by atoms with E-state index in [1.165, 1.54) is 24.2 Å². The summed E-state index contributed by atoms with van der Waals surface area (Å²) in [4.78, 5) is 2.29. The molecule has 0 unspecified atom stereocenters. The number of likely N-dealkylation sites (N-methyl/N-ethyl adjacent to an activating group) is 1. The molecule has 25 heavy (non-hydrogen) atoms. The molecule has 1 heterocycles. The average molecular weight is 337 g/mol. The van der Waals surface area contributed by atoms with E-state index in [0.717, 1.165) is 31.8 Å². The smallest absolute Gasteiger partial charge is 0.147 e. The number of hydrogen-bond acceptors (Lipinski definition) is 4. The van der Waals surface area contributed by atoms with Crippen LogP contribution in [0.2, 0.25) is 0 Å². The van der Waals surface area contributed by atoms with Gasteiger partial charge in [-0.3, -0.25) is 4.90 Å². The molecule has 5 heteroatoms. The zero-order chi connectivity index (χ0) is 17.2. The van der Waals surface area contributed by atoms with Gasteiger partial charge in [0.2, 0.25) is 0 Å². The van der Waals surface area contributed by atoms with E-state index in [1.807, 2.05) is 6.07 Å². The highest BCUT2D eigenvalue weighted by atomic mass is 15.3. The second-order valence-electron chi connectivity index (χ2n) is 7.51. The van der Waals surface area contributed by atoms with Gasteiger partial charge in [-0.2, -0.15) is 0 Å². The fourth-order valence-corrected chi connectivity index (χ4v) is 3.57. The number of rotatable bonds is 7. The Hall–Kier alpha value is -1.98. The topological polar surface area (TPSA) is 60.0 Å². The summed E-state index contributed by atoms with van der Waals surface area (Å²) < 4.78 is 2.41. The van der Waals surface area contributed by atoms with Gasteiger partial charge in [0.25, 0.3) is 0 Å². The molecular formula is C20H27N5. The third kappa shape index (κ3) is 3.83. The Morgan fingerprint density at radius 3 is 2.64 bits per heavy atom. The summed E-state index contributed by atoms with van der Waals surface area (Å²) >= 11 is 0. The molecule has 0 amide bonds. The lowest BCUT2D eigenvalue weighted by atomic mass is 9.80. The zero-order valence-corrected chi connectivity index (χ0v) is 14.9. The first-order valence-electron chi connectivity index (χ1n) is 9.30. The molecule has 2 aromatic rings. The van der Waals surface area contributed by atoms with Crippen LogP contribution in [0.4, 0.5) is 0 Å². The molecule has 2 N–H and O–H groups in total. The van der Waals surface area contributed by atoms with Crippen LogP contribution in [0.25, 0.3) is 6.08 Å². The molecule has 2 fully saturated rings. The fraction of sp³-hybridized carbons (Fsp3) is 0.500. The molecule has 0 saturated heterocycles. The van der Waals surface area contributed by atoms with Gasteiger partial charge in [-0.1, -0.05) is 42.5 Å². The lowest BCUT2D eigenvalue weighted by Gasteiger charge is -2.32. The van der Waals surface area contributed by atoms with Crippen LogP contribution in [-0.2, 0) is 6.54 Å². The van der Waals surface area contributed by atoms with Gasteiger partial charge in [0.1, 0.15) is 11.6 Å². The normalized spacial score (nSPS) is 23.3. The zero-order valence-electron chi connectivity index (χ0n) is 14.9. The first-order chi connectivity index (χ1) is 12.2. The highest BCUT2D eigenvalue weighted by molar-refractivity contribution is 5.48. The van der Waals surface area contributed by atoms with Crippen LogP contribution in [0.5, 0.6) is 0 Å². The van der Waals surface area contributed by atoms with Crippen LogP contribution in [0, 0.1) is 0 Å². The summed E-state index contributed by atoms with van der Waals surface area (Å²) in [6.45, 7) is 1.73. The van der Waals surface area contributed by atoms with Crippen molar-refractivity contribution in [2.24, 2.45) is 5.73 Å². The van der Waals surface area contributed by atoms with Crippen LogP contribution in [0.1, 0.15) is 54.9 Å². The van der Waals surface area contributed by atoms with Crippen molar-refractivity contribution in [3.05, 3.63) is 53.6 Å². The standard InChI is InChI=1S/C20H27N5/c1-24(11-5-8-15-6-3-2-4-7-15)14-19-22-23-20(16-12-17(21)13-16)25(19)18-9-10-18/h2-8,16-18H,9-14,21H2,1H3/b8-5+. The maximum atomic E-state index is 5.97. The molecule has 2 aliphatic rings. The van der Waals surface area contributed by atoms with Crippen molar-refractivity contribution in [1.82, 2.24) is 19.7 Å². The summed E-state index contributed by atoms with van der Waals surface area (Å²) in [5.41, 5.74) is 7.20. The molecular weight excluding hydrogens is 310 g/mol. The first-order valence-corrected chi connectivity index (χ1v) is 9.30. The monoisotopic (exact) mass is 337 g/mol. The number of aromatic nitrogens is 3. The third-order valence-corrected chi connectivity index (χ3v) is 5.18. The van der Waals surface area contributed by atoms with Crippen LogP contribution in [0.15, 0.2) is 36.4 Å². The number of nitrogens with two attached hydrogens (primary N) is 1. The average Bonchev–Trinajstić information content (AvgIpc) is 3.34. The molecule has 1 aromatic heterocycles. The Morgan fingerprint density at radius 2 is 1.96 bits per heavy atom. The van der Waals surface area contributed by atoms with E-state index in [4.69, 9.17) is 5.73 Å². The van der Waals surface area contributed by atoms with Crippen LogP contribution >= 0.6 is 0 Å². The Labute approximate surface area is 149 Å². The maximum Gasteiger partial charge on any atom is 0.147 e. The Kier molecular flexibility index (Phi) is 4.68. The van der Waals surface area contributed by atoms with Gasteiger partial charge in [-0.15, -0.1) is 10.2 Å². The van der Waals surface area contributed by atoms with Gasteiger partial charge in [-0.05, 0) is 38.3 Å². The highest BCUT2D eigenvalue weighted by Gasteiger charge is 2.36. The van der Waals surface area contributed by atoms with Crippen LogP contribution in [-0.4, -0.2) is 39.3 Å². The molecule has 5 nitrogen and oxygen atoms in total. The Morgan fingerprint density at radius 1 is 1.20 bits per heavy atom. The van der Waals surface area contributed by atoms with E-state index in [-0.39, 0.29) is 0 Å². The third-order valence-electron chi connectivity index (χ3n) is 5.18. The van der Waals surface area contributed by atoms with Crippen LogP contribution < -0.4 is 5.73 Å². The Balaban J connectivity index is 1.39. The molecule has 0 atom stereocenters. The molecule has 0 aliphatic heterocycles. The molecule has 0 spiro atoms. The lowest BCUT2D eigenvalue weighted by Crippen LogP contribution is -2.36. The summed E-state index contributed by atoms with van der Waals surface area (Å²) in [5, 5.41) is 9.05. The minimum atomic E-state index is 0.351. The summed E-state index contributed by atoms with van der Waals surface area (Å²) in [6.07, 6.45) is 9.01. The number of benzene rings is 1. The molecule has 0 bridgehead atoms. The van der Waals surface area contributed by atoms with Crippen LogP contribution in [0.3, 0.4) is 0 Å². The minimum absolute atomic E-state index is 0.351. The van der Waals surface area contributed by atoms with Gasteiger partial charge in [0.15, 0.2) is 0 Å². The quantitative estimate of drug-likeness (QED) is 0.844.